The maximum absolute atomic E-state index is 11.4. The molecule has 0 N–H and O–H groups in total. The molecule has 1 unspecified atom stereocenters. The first kappa shape index (κ1) is 11.4. The van der Waals surface area contributed by atoms with E-state index in [1.165, 1.54) is 7.11 Å². The van der Waals surface area contributed by atoms with Crippen LogP contribution in [-0.4, -0.2) is 18.9 Å². The second-order valence-electron chi connectivity index (χ2n) is 3.45. The molecule has 0 radical (unpaired) electrons. The lowest BCUT2D eigenvalue weighted by molar-refractivity contribution is -0.153. The van der Waals surface area contributed by atoms with Crippen molar-refractivity contribution in [1.82, 2.24) is 0 Å². The summed E-state index contributed by atoms with van der Waals surface area (Å²) in [6, 6.07) is 9.59. The van der Waals surface area contributed by atoms with Gasteiger partial charge in [0.1, 0.15) is 0 Å². The minimum Gasteiger partial charge on any atom is -0.463 e. The molecule has 0 aliphatic rings. The van der Waals surface area contributed by atoms with Crippen LogP contribution < -0.4 is 0 Å². The van der Waals surface area contributed by atoms with Gasteiger partial charge in [0.15, 0.2) is 0 Å². The van der Waals surface area contributed by atoms with Gasteiger partial charge in [0.2, 0.25) is 5.78 Å². The molecule has 3 heteroatoms. The molecule has 0 aliphatic heterocycles. The Hall–Kier alpha value is -1.64. The van der Waals surface area contributed by atoms with Crippen LogP contribution in [0.4, 0.5) is 0 Å². The summed E-state index contributed by atoms with van der Waals surface area (Å²) in [5.41, 5.74) is 1.04. The van der Waals surface area contributed by atoms with Crippen molar-refractivity contribution in [3.05, 3.63) is 35.9 Å². The van der Waals surface area contributed by atoms with E-state index in [1.54, 1.807) is 6.92 Å². The third kappa shape index (κ3) is 3.20. The van der Waals surface area contributed by atoms with Crippen molar-refractivity contribution in [1.29, 1.82) is 0 Å². The fraction of sp³-hybridized carbons (Fsp3) is 0.333. The van der Waals surface area contributed by atoms with Crippen molar-refractivity contribution < 1.29 is 14.3 Å². The van der Waals surface area contributed by atoms with Gasteiger partial charge in [-0.15, -0.1) is 0 Å². The lowest BCUT2D eigenvalue weighted by Crippen LogP contribution is -2.24. The van der Waals surface area contributed by atoms with Crippen molar-refractivity contribution in [3.63, 3.8) is 0 Å². The van der Waals surface area contributed by atoms with Gasteiger partial charge in [0.25, 0.3) is 0 Å². The highest BCUT2D eigenvalue weighted by atomic mass is 16.5. The van der Waals surface area contributed by atoms with Crippen LogP contribution in [-0.2, 0) is 20.7 Å². The molecule has 0 saturated carbocycles. The predicted molar refractivity (Wildman–Crippen MR) is 56.3 cm³/mol. The minimum absolute atomic E-state index is 0.333. The molecule has 15 heavy (non-hydrogen) atoms. The van der Waals surface area contributed by atoms with E-state index in [0.717, 1.165) is 5.56 Å². The maximum Gasteiger partial charge on any atom is 0.374 e. The van der Waals surface area contributed by atoms with Crippen LogP contribution in [0.15, 0.2) is 30.3 Å². The highest BCUT2D eigenvalue weighted by Gasteiger charge is 2.21. The van der Waals surface area contributed by atoms with Crippen LogP contribution >= 0.6 is 0 Å². The van der Waals surface area contributed by atoms with Crippen LogP contribution in [0.5, 0.6) is 0 Å². The summed E-state index contributed by atoms with van der Waals surface area (Å²) >= 11 is 0. The van der Waals surface area contributed by atoms with Gasteiger partial charge >= 0.3 is 5.97 Å². The van der Waals surface area contributed by atoms with Crippen molar-refractivity contribution in [2.45, 2.75) is 13.3 Å². The molecule has 1 aromatic rings. The van der Waals surface area contributed by atoms with Crippen LogP contribution in [0.25, 0.3) is 0 Å². The van der Waals surface area contributed by atoms with Crippen molar-refractivity contribution in [2.24, 2.45) is 5.92 Å². The Morgan fingerprint density at radius 2 is 1.87 bits per heavy atom. The molecule has 1 rings (SSSR count). The molecular formula is C12H14O3. The average molecular weight is 206 g/mol. The van der Waals surface area contributed by atoms with E-state index in [0.29, 0.717) is 6.42 Å². The summed E-state index contributed by atoms with van der Waals surface area (Å²) in [6.07, 6.45) is 0.564. The van der Waals surface area contributed by atoms with E-state index in [1.807, 2.05) is 30.3 Å². The smallest absolute Gasteiger partial charge is 0.374 e. The SMILES string of the molecule is COC(=O)C(=O)C(C)Cc1ccccc1. The largest absolute Gasteiger partial charge is 0.463 e. The number of carbonyl (C=O) groups excluding carboxylic acids is 2. The summed E-state index contributed by atoms with van der Waals surface area (Å²) in [5.74, 6) is -1.57. The lowest BCUT2D eigenvalue weighted by atomic mass is 9.97. The van der Waals surface area contributed by atoms with E-state index >= 15 is 0 Å². The Balaban J connectivity index is 2.60. The Labute approximate surface area is 89.1 Å². The molecule has 0 aliphatic carbocycles. The third-order valence-corrected chi connectivity index (χ3v) is 2.22. The number of carbonyl (C=O) groups is 2. The van der Waals surface area contributed by atoms with Gasteiger partial charge in [-0.2, -0.15) is 0 Å². The monoisotopic (exact) mass is 206 g/mol. The zero-order valence-corrected chi connectivity index (χ0v) is 8.90. The molecule has 80 valence electrons. The number of methoxy groups -OCH3 is 1. The molecule has 1 aromatic carbocycles. The van der Waals surface area contributed by atoms with E-state index in [9.17, 15) is 9.59 Å². The summed E-state index contributed by atoms with van der Waals surface area (Å²) < 4.78 is 4.38. The van der Waals surface area contributed by atoms with Gasteiger partial charge in [0.05, 0.1) is 7.11 Å². The van der Waals surface area contributed by atoms with Gasteiger partial charge < -0.3 is 4.74 Å². The first-order chi connectivity index (χ1) is 7.15. The number of Topliss-reactive ketones (excluding diaryl/α,β-unsaturated/α-hetero) is 1. The lowest BCUT2D eigenvalue weighted by Gasteiger charge is -2.08. The zero-order valence-electron chi connectivity index (χ0n) is 8.90. The Kier molecular flexibility index (Phi) is 4.03. The second kappa shape index (κ2) is 5.29. The summed E-state index contributed by atoms with van der Waals surface area (Å²) in [7, 11) is 1.22. The fourth-order valence-electron chi connectivity index (χ4n) is 1.36. The van der Waals surface area contributed by atoms with Crippen LogP contribution in [0.3, 0.4) is 0 Å². The van der Waals surface area contributed by atoms with E-state index in [4.69, 9.17) is 0 Å². The number of ketones is 1. The number of benzene rings is 1. The van der Waals surface area contributed by atoms with E-state index < -0.39 is 11.8 Å². The summed E-state index contributed by atoms with van der Waals surface area (Å²) in [6.45, 7) is 1.73. The van der Waals surface area contributed by atoms with Crippen LogP contribution in [0.2, 0.25) is 0 Å². The second-order valence-corrected chi connectivity index (χ2v) is 3.45. The predicted octanol–water partition coefficient (Wildman–Crippen LogP) is 1.61. The van der Waals surface area contributed by atoms with Crippen molar-refractivity contribution in [2.75, 3.05) is 7.11 Å². The van der Waals surface area contributed by atoms with Gasteiger partial charge in [0, 0.05) is 5.92 Å². The maximum atomic E-state index is 11.4. The third-order valence-electron chi connectivity index (χ3n) is 2.22. The van der Waals surface area contributed by atoms with E-state index in [2.05, 4.69) is 4.74 Å². The summed E-state index contributed by atoms with van der Waals surface area (Å²) in [4.78, 5) is 22.4. The van der Waals surface area contributed by atoms with Crippen molar-refractivity contribution in [3.8, 4) is 0 Å². The molecule has 1 atom stereocenters. The molecule has 0 fully saturated rings. The zero-order chi connectivity index (χ0) is 11.3. The first-order valence-corrected chi connectivity index (χ1v) is 4.81. The number of hydrogen-bond donors (Lipinski definition) is 0. The Morgan fingerprint density at radius 1 is 1.27 bits per heavy atom. The number of rotatable bonds is 4. The number of esters is 1. The normalized spacial score (nSPS) is 11.9. The Morgan fingerprint density at radius 3 is 2.40 bits per heavy atom. The number of ether oxygens (including phenoxy) is 1. The van der Waals surface area contributed by atoms with E-state index in [-0.39, 0.29) is 5.92 Å². The molecule has 0 spiro atoms. The minimum atomic E-state index is -0.765. The van der Waals surface area contributed by atoms with Crippen LogP contribution in [0.1, 0.15) is 12.5 Å². The van der Waals surface area contributed by atoms with Gasteiger partial charge in [-0.25, -0.2) is 4.79 Å². The molecular weight excluding hydrogens is 192 g/mol. The molecule has 0 aromatic heterocycles. The van der Waals surface area contributed by atoms with Gasteiger partial charge in [-0.1, -0.05) is 37.3 Å². The molecule has 0 saturated heterocycles. The molecule has 3 nitrogen and oxygen atoms in total. The molecule has 0 heterocycles. The van der Waals surface area contributed by atoms with Crippen molar-refractivity contribution >= 4 is 11.8 Å². The highest BCUT2D eigenvalue weighted by molar-refractivity contribution is 6.34. The molecule has 0 amide bonds. The van der Waals surface area contributed by atoms with Gasteiger partial charge in [-0.05, 0) is 12.0 Å². The molecule has 0 bridgehead atoms. The quantitative estimate of drug-likeness (QED) is 0.555. The topological polar surface area (TPSA) is 43.4 Å². The average Bonchev–Trinajstić information content (AvgIpc) is 2.28. The first-order valence-electron chi connectivity index (χ1n) is 4.81. The Bertz CT molecular complexity index is 343. The van der Waals surface area contributed by atoms with Gasteiger partial charge in [-0.3, -0.25) is 4.79 Å². The van der Waals surface area contributed by atoms with Crippen LogP contribution in [0, 0.1) is 5.92 Å². The standard InChI is InChI=1S/C12H14O3/c1-9(11(13)12(14)15-2)8-10-6-4-3-5-7-10/h3-7,9H,8H2,1-2H3. The highest BCUT2D eigenvalue weighted by Crippen LogP contribution is 2.09. The summed E-state index contributed by atoms with van der Waals surface area (Å²) in [5, 5.41) is 0. The number of hydrogen-bond acceptors (Lipinski definition) is 3. The fourth-order valence-corrected chi connectivity index (χ4v) is 1.36.